The molecule has 1 fully saturated rings. The maximum atomic E-state index is 13.2. The van der Waals surface area contributed by atoms with Gasteiger partial charge in [-0.3, -0.25) is 4.98 Å². The monoisotopic (exact) mass is 345 g/mol. The number of nitrogens with one attached hydrogen (secondary N) is 1. The third kappa shape index (κ3) is 4.75. The number of nitrogens with zero attached hydrogens (tertiary/aromatic N) is 2. The highest BCUT2D eigenvalue weighted by molar-refractivity contribution is 5.74. The van der Waals surface area contributed by atoms with Crippen LogP contribution in [-0.4, -0.2) is 29.0 Å². The first-order valence-corrected chi connectivity index (χ1v) is 8.47. The van der Waals surface area contributed by atoms with E-state index >= 15 is 0 Å². The van der Waals surface area contributed by atoms with E-state index in [0.29, 0.717) is 24.6 Å². The zero-order valence-electron chi connectivity index (χ0n) is 13.9. The smallest absolute Gasteiger partial charge is 0.317 e. The van der Waals surface area contributed by atoms with Crippen LogP contribution in [0, 0.1) is 17.6 Å². The van der Waals surface area contributed by atoms with Gasteiger partial charge in [0.25, 0.3) is 0 Å². The minimum atomic E-state index is -0.900. The third-order valence-corrected chi connectivity index (χ3v) is 4.58. The first-order chi connectivity index (χ1) is 12.1. The molecule has 0 spiro atoms. The molecule has 2 aromatic rings. The molecule has 0 aliphatic carbocycles. The summed E-state index contributed by atoms with van der Waals surface area (Å²) in [5.74, 6) is -1.23. The summed E-state index contributed by atoms with van der Waals surface area (Å²) in [5.41, 5.74) is 1.77. The Balaban J connectivity index is 1.44. The van der Waals surface area contributed by atoms with Crippen LogP contribution in [0.2, 0.25) is 0 Å². The van der Waals surface area contributed by atoms with Crippen molar-refractivity contribution in [3.05, 3.63) is 65.5 Å². The van der Waals surface area contributed by atoms with Crippen LogP contribution >= 0.6 is 0 Å². The molecule has 25 heavy (non-hydrogen) atoms. The molecule has 0 atom stereocenters. The van der Waals surface area contributed by atoms with Gasteiger partial charge < -0.3 is 10.2 Å². The van der Waals surface area contributed by atoms with Crippen molar-refractivity contribution in [2.24, 2.45) is 5.92 Å². The van der Waals surface area contributed by atoms with Crippen molar-refractivity contribution in [3.8, 4) is 0 Å². The number of carbonyl (C=O) groups is 1. The molecule has 0 unspecified atom stereocenters. The van der Waals surface area contributed by atoms with Crippen LogP contribution in [0.5, 0.6) is 0 Å². The molecule has 132 valence electrons. The summed E-state index contributed by atoms with van der Waals surface area (Å²) in [6, 6.07) is 7.50. The predicted octanol–water partition coefficient (Wildman–Crippen LogP) is 3.52. The highest BCUT2D eigenvalue weighted by atomic mass is 19.2. The van der Waals surface area contributed by atoms with Gasteiger partial charge in [-0.1, -0.05) is 12.1 Å². The Morgan fingerprint density at radius 2 is 1.96 bits per heavy atom. The quantitative estimate of drug-likeness (QED) is 0.921. The van der Waals surface area contributed by atoms with E-state index in [1.165, 1.54) is 11.6 Å². The lowest BCUT2D eigenvalue weighted by Gasteiger charge is -2.32. The molecule has 1 N–H and O–H groups in total. The van der Waals surface area contributed by atoms with Gasteiger partial charge in [-0.15, -0.1) is 0 Å². The van der Waals surface area contributed by atoms with Crippen LogP contribution in [-0.2, 0) is 13.0 Å². The Bertz CT molecular complexity index is 716. The average molecular weight is 345 g/mol. The fourth-order valence-corrected chi connectivity index (χ4v) is 3.13. The van der Waals surface area contributed by atoms with Crippen molar-refractivity contribution in [1.29, 1.82) is 0 Å². The maximum absolute atomic E-state index is 13.2. The van der Waals surface area contributed by atoms with E-state index in [0.717, 1.165) is 31.4 Å². The van der Waals surface area contributed by atoms with Gasteiger partial charge in [-0.25, -0.2) is 13.6 Å². The van der Waals surface area contributed by atoms with Gasteiger partial charge in [0, 0.05) is 32.0 Å². The number of urea groups is 1. The zero-order valence-corrected chi connectivity index (χ0v) is 13.9. The van der Waals surface area contributed by atoms with Gasteiger partial charge in [0.15, 0.2) is 11.6 Å². The Labute approximate surface area is 145 Å². The summed E-state index contributed by atoms with van der Waals surface area (Å²) in [6.45, 7) is 1.59. The number of piperidine rings is 1. The molecule has 0 radical (unpaired) electrons. The molecule has 0 bridgehead atoms. The fourth-order valence-electron chi connectivity index (χ4n) is 3.13. The Hall–Kier alpha value is -2.50. The van der Waals surface area contributed by atoms with Crippen molar-refractivity contribution in [3.63, 3.8) is 0 Å². The summed E-state index contributed by atoms with van der Waals surface area (Å²) >= 11 is 0. The number of hydrogen-bond donors (Lipinski definition) is 1. The summed E-state index contributed by atoms with van der Waals surface area (Å²) in [5, 5.41) is 2.77. The predicted molar refractivity (Wildman–Crippen MR) is 90.8 cm³/mol. The number of pyridine rings is 1. The summed E-state index contributed by atoms with van der Waals surface area (Å²) < 4.78 is 26.1. The standard InChI is InChI=1S/C19H21F2N3O/c20-17-4-3-16(11-18(17)21)13-23-19(25)24-8-5-14(6-9-24)10-15-2-1-7-22-12-15/h1-4,7,11-12,14H,5-6,8-10,13H2,(H,23,25). The SMILES string of the molecule is O=C(NCc1ccc(F)c(F)c1)N1CCC(Cc2cccnc2)CC1. The van der Waals surface area contributed by atoms with Gasteiger partial charge in [0.1, 0.15) is 0 Å². The van der Waals surface area contributed by atoms with Gasteiger partial charge in [0.2, 0.25) is 0 Å². The molecule has 0 saturated carbocycles. The highest BCUT2D eigenvalue weighted by Gasteiger charge is 2.22. The molecule has 6 heteroatoms. The molecular weight excluding hydrogens is 324 g/mol. The van der Waals surface area contributed by atoms with Crippen LogP contribution in [0.25, 0.3) is 0 Å². The summed E-state index contributed by atoms with van der Waals surface area (Å²) in [6.07, 6.45) is 6.55. The van der Waals surface area contributed by atoms with Crippen LogP contribution in [0.4, 0.5) is 13.6 Å². The van der Waals surface area contributed by atoms with Gasteiger partial charge in [-0.2, -0.15) is 0 Å². The number of carbonyl (C=O) groups excluding carboxylic acids is 1. The van der Waals surface area contributed by atoms with Crippen molar-refractivity contribution in [2.75, 3.05) is 13.1 Å². The van der Waals surface area contributed by atoms with Gasteiger partial charge >= 0.3 is 6.03 Å². The number of halogens is 2. The maximum Gasteiger partial charge on any atom is 0.317 e. The minimum Gasteiger partial charge on any atom is -0.334 e. The van der Waals surface area contributed by atoms with E-state index in [9.17, 15) is 13.6 Å². The van der Waals surface area contributed by atoms with Crippen molar-refractivity contribution in [2.45, 2.75) is 25.8 Å². The van der Waals surface area contributed by atoms with E-state index in [1.807, 2.05) is 12.3 Å². The second-order valence-corrected chi connectivity index (χ2v) is 6.40. The van der Waals surface area contributed by atoms with E-state index < -0.39 is 11.6 Å². The normalized spacial score (nSPS) is 15.2. The van der Waals surface area contributed by atoms with E-state index in [1.54, 1.807) is 11.1 Å². The lowest BCUT2D eigenvalue weighted by molar-refractivity contribution is 0.170. The zero-order chi connectivity index (χ0) is 17.6. The second-order valence-electron chi connectivity index (χ2n) is 6.40. The molecule has 3 rings (SSSR count). The van der Waals surface area contributed by atoms with E-state index in [-0.39, 0.29) is 12.6 Å². The lowest BCUT2D eigenvalue weighted by Crippen LogP contribution is -2.44. The van der Waals surface area contributed by atoms with E-state index in [2.05, 4.69) is 16.4 Å². The molecule has 4 nitrogen and oxygen atoms in total. The number of hydrogen-bond acceptors (Lipinski definition) is 2. The molecule has 2 amide bonds. The Kier molecular flexibility index (Phi) is 5.58. The first kappa shape index (κ1) is 17.3. The minimum absolute atomic E-state index is 0.162. The molecule has 2 heterocycles. The van der Waals surface area contributed by atoms with Crippen molar-refractivity contribution in [1.82, 2.24) is 15.2 Å². The number of rotatable bonds is 4. The lowest BCUT2D eigenvalue weighted by atomic mass is 9.91. The largest absolute Gasteiger partial charge is 0.334 e. The summed E-state index contributed by atoms with van der Waals surface area (Å²) in [7, 11) is 0. The van der Waals surface area contributed by atoms with Crippen LogP contribution < -0.4 is 5.32 Å². The molecule has 1 aliphatic heterocycles. The van der Waals surface area contributed by atoms with Gasteiger partial charge in [0.05, 0.1) is 0 Å². The number of amides is 2. The topological polar surface area (TPSA) is 45.2 Å². The highest BCUT2D eigenvalue weighted by Crippen LogP contribution is 2.21. The second kappa shape index (κ2) is 8.05. The summed E-state index contributed by atoms with van der Waals surface area (Å²) in [4.78, 5) is 18.1. The van der Waals surface area contributed by atoms with Crippen LogP contribution in [0.1, 0.15) is 24.0 Å². The molecule has 1 saturated heterocycles. The van der Waals surface area contributed by atoms with E-state index in [4.69, 9.17) is 0 Å². The van der Waals surface area contributed by atoms with Crippen LogP contribution in [0.15, 0.2) is 42.7 Å². The fraction of sp³-hybridized carbons (Fsp3) is 0.368. The van der Waals surface area contributed by atoms with Crippen molar-refractivity contribution >= 4 is 6.03 Å². The number of aromatic nitrogens is 1. The molecular formula is C19H21F2N3O. The first-order valence-electron chi connectivity index (χ1n) is 8.47. The van der Waals surface area contributed by atoms with Crippen molar-refractivity contribution < 1.29 is 13.6 Å². The average Bonchev–Trinajstić information content (AvgIpc) is 2.64. The molecule has 1 aromatic carbocycles. The molecule has 1 aromatic heterocycles. The van der Waals surface area contributed by atoms with Gasteiger partial charge in [-0.05, 0) is 54.5 Å². The Morgan fingerprint density at radius 3 is 2.64 bits per heavy atom. The van der Waals surface area contributed by atoms with Crippen LogP contribution in [0.3, 0.4) is 0 Å². The number of likely N-dealkylation sites (tertiary alicyclic amines) is 1. The third-order valence-electron chi connectivity index (χ3n) is 4.58. The Morgan fingerprint density at radius 1 is 1.16 bits per heavy atom. The number of benzene rings is 1. The molecule has 1 aliphatic rings.